The molecular formula is C11H10Cl2INO3. The molecule has 1 rings (SSSR count). The van der Waals surface area contributed by atoms with Gasteiger partial charge >= 0.3 is 5.97 Å². The number of aliphatic carboxylic acids is 1. The van der Waals surface area contributed by atoms with Crippen LogP contribution in [0.5, 0.6) is 0 Å². The lowest BCUT2D eigenvalue weighted by atomic mass is 10.2. The number of likely N-dealkylation sites (N-methyl/N-ethyl adjacent to an activating group) is 1. The minimum atomic E-state index is -1.08. The summed E-state index contributed by atoms with van der Waals surface area (Å²) in [7, 11) is 1.42. The Balaban J connectivity index is 3.15. The number of carbonyl (C=O) groups excluding carboxylic acids is 1. The van der Waals surface area contributed by atoms with Crippen molar-refractivity contribution in [2.45, 2.75) is 13.0 Å². The van der Waals surface area contributed by atoms with Crippen LogP contribution in [0, 0.1) is 3.57 Å². The number of hydrogen-bond acceptors (Lipinski definition) is 2. The van der Waals surface area contributed by atoms with Gasteiger partial charge < -0.3 is 10.0 Å². The van der Waals surface area contributed by atoms with Gasteiger partial charge in [0.25, 0.3) is 5.91 Å². The monoisotopic (exact) mass is 401 g/mol. The maximum atomic E-state index is 12.2. The summed E-state index contributed by atoms with van der Waals surface area (Å²) in [5.41, 5.74) is 0.295. The molecule has 7 heteroatoms. The molecule has 1 aromatic rings. The van der Waals surface area contributed by atoms with E-state index in [4.69, 9.17) is 28.3 Å². The van der Waals surface area contributed by atoms with E-state index >= 15 is 0 Å². The molecule has 1 atom stereocenters. The predicted molar refractivity (Wildman–Crippen MR) is 78.4 cm³/mol. The summed E-state index contributed by atoms with van der Waals surface area (Å²) in [6.45, 7) is 1.43. The maximum absolute atomic E-state index is 12.2. The van der Waals surface area contributed by atoms with Gasteiger partial charge in [0.15, 0.2) is 0 Å². The van der Waals surface area contributed by atoms with E-state index in [1.54, 1.807) is 0 Å². The SMILES string of the molecule is CC(C(=O)O)N(C)C(=O)c1cc(Cl)cc(Cl)c1I. The standard InChI is InChI=1S/C11H10Cl2INO3/c1-5(11(17)18)15(2)10(16)7-3-6(12)4-8(13)9(7)14/h3-5H,1-2H3,(H,17,18). The van der Waals surface area contributed by atoms with E-state index < -0.39 is 17.9 Å². The van der Waals surface area contributed by atoms with Crippen molar-refractivity contribution in [3.63, 3.8) is 0 Å². The second-order valence-corrected chi connectivity index (χ2v) is 5.60. The molecule has 0 fully saturated rings. The van der Waals surface area contributed by atoms with Gasteiger partial charge in [0.1, 0.15) is 6.04 Å². The van der Waals surface area contributed by atoms with E-state index in [1.165, 1.54) is 26.1 Å². The van der Waals surface area contributed by atoms with Crippen molar-refractivity contribution >= 4 is 57.7 Å². The fourth-order valence-corrected chi connectivity index (χ4v) is 2.28. The molecular weight excluding hydrogens is 392 g/mol. The van der Waals surface area contributed by atoms with Crippen molar-refractivity contribution < 1.29 is 14.7 Å². The number of halogens is 3. The summed E-state index contributed by atoms with van der Waals surface area (Å²) in [5.74, 6) is -1.51. The van der Waals surface area contributed by atoms with Crippen LogP contribution in [0.25, 0.3) is 0 Å². The first-order valence-corrected chi connectivity index (χ1v) is 6.73. The first kappa shape index (κ1) is 15.5. The zero-order chi connectivity index (χ0) is 14.0. The Kier molecular flexibility index (Phi) is 5.24. The Bertz CT molecular complexity index is 507. The Hall–Kier alpha value is -0.530. The lowest BCUT2D eigenvalue weighted by Crippen LogP contribution is -2.40. The highest BCUT2D eigenvalue weighted by molar-refractivity contribution is 14.1. The lowest BCUT2D eigenvalue weighted by molar-refractivity contribution is -0.141. The van der Waals surface area contributed by atoms with E-state index in [2.05, 4.69) is 0 Å². The van der Waals surface area contributed by atoms with E-state index in [1.807, 2.05) is 22.6 Å². The number of benzene rings is 1. The molecule has 0 spiro atoms. The fourth-order valence-electron chi connectivity index (χ4n) is 1.24. The van der Waals surface area contributed by atoms with Crippen LogP contribution < -0.4 is 0 Å². The number of nitrogens with zero attached hydrogens (tertiary/aromatic N) is 1. The Morgan fingerprint density at radius 2 is 1.94 bits per heavy atom. The van der Waals surface area contributed by atoms with Gasteiger partial charge in [-0.15, -0.1) is 0 Å². The number of carboxylic acids is 1. The molecule has 0 aliphatic heterocycles. The topological polar surface area (TPSA) is 57.6 Å². The number of hydrogen-bond donors (Lipinski definition) is 1. The maximum Gasteiger partial charge on any atom is 0.326 e. The Labute approximate surface area is 128 Å². The second-order valence-electron chi connectivity index (χ2n) is 3.68. The van der Waals surface area contributed by atoms with Crippen LogP contribution in [0.4, 0.5) is 0 Å². The first-order chi connectivity index (χ1) is 8.25. The smallest absolute Gasteiger partial charge is 0.326 e. The molecule has 0 radical (unpaired) electrons. The summed E-state index contributed by atoms with van der Waals surface area (Å²) >= 11 is 13.7. The minimum absolute atomic E-state index is 0.295. The summed E-state index contributed by atoms with van der Waals surface area (Å²) in [6, 6.07) is 2.08. The predicted octanol–water partition coefficient (Wildman–Crippen LogP) is 3.14. The number of carbonyl (C=O) groups is 2. The largest absolute Gasteiger partial charge is 0.480 e. The quantitative estimate of drug-likeness (QED) is 0.625. The van der Waals surface area contributed by atoms with Crippen LogP contribution in [0.15, 0.2) is 12.1 Å². The van der Waals surface area contributed by atoms with Crippen molar-refractivity contribution in [3.8, 4) is 0 Å². The molecule has 0 aliphatic rings. The molecule has 98 valence electrons. The van der Waals surface area contributed by atoms with Crippen molar-refractivity contribution in [1.29, 1.82) is 0 Å². The third-order valence-electron chi connectivity index (χ3n) is 2.48. The highest BCUT2D eigenvalue weighted by atomic mass is 127. The average molecular weight is 402 g/mol. The summed E-state index contributed by atoms with van der Waals surface area (Å²) in [4.78, 5) is 24.1. The average Bonchev–Trinajstić information content (AvgIpc) is 2.30. The summed E-state index contributed by atoms with van der Waals surface area (Å²) in [5, 5.41) is 9.58. The van der Waals surface area contributed by atoms with Gasteiger partial charge in [-0.1, -0.05) is 23.2 Å². The second kappa shape index (κ2) is 6.08. The van der Waals surface area contributed by atoms with Gasteiger partial charge in [-0.3, -0.25) is 4.79 Å². The lowest BCUT2D eigenvalue weighted by Gasteiger charge is -2.22. The normalized spacial score (nSPS) is 12.1. The van der Waals surface area contributed by atoms with Crippen molar-refractivity contribution in [2.75, 3.05) is 7.05 Å². The van der Waals surface area contributed by atoms with E-state index in [0.717, 1.165) is 4.90 Å². The van der Waals surface area contributed by atoms with Crippen LogP contribution >= 0.6 is 45.8 Å². The van der Waals surface area contributed by atoms with Gasteiger partial charge in [0, 0.05) is 15.6 Å². The number of amides is 1. The molecule has 1 unspecified atom stereocenters. The highest BCUT2D eigenvalue weighted by Gasteiger charge is 2.25. The van der Waals surface area contributed by atoms with Crippen molar-refractivity contribution in [1.82, 2.24) is 4.90 Å². The molecule has 1 amide bonds. The first-order valence-electron chi connectivity index (χ1n) is 4.90. The van der Waals surface area contributed by atoms with Gasteiger partial charge in [0.05, 0.1) is 10.6 Å². The fraction of sp³-hybridized carbons (Fsp3) is 0.273. The number of carboxylic acid groups (broad SMARTS) is 1. The van der Waals surface area contributed by atoms with E-state index in [-0.39, 0.29) is 0 Å². The Morgan fingerprint density at radius 1 is 1.39 bits per heavy atom. The van der Waals surface area contributed by atoms with Crippen LogP contribution in [-0.2, 0) is 4.79 Å². The van der Waals surface area contributed by atoms with Crippen LogP contribution in [-0.4, -0.2) is 35.0 Å². The van der Waals surface area contributed by atoms with E-state index in [0.29, 0.717) is 19.2 Å². The van der Waals surface area contributed by atoms with Crippen LogP contribution in [0.1, 0.15) is 17.3 Å². The van der Waals surface area contributed by atoms with Gasteiger partial charge in [-0.2, -0.15) is 0 Å². The van der Waals surface area contributed by atoms with E-state index in [9.17, 15) is 9.59 Å². The zero-order valence-electron chi connectivity index (χ0n) is 9.58. The highest BCUT2D eigenvalue weighted by Crippen LogP contribution is 2.27. The molecule has 1 N–H and O–H groups in total. The van der Waals surface area contributed by atoms with Gasteiger partial charge in [-0.25, -0.2) is 4.79 Å². The van der Waals surface area contributed by atoms with Crippen molar-refractivity contribution in [2.24, 2.45) is 0 Å². The number of rotatable bonds is 3. The summed E-state index contributed by atoms with van der Waals surface area (Å²) < 4.78 is 0.549. The molecule has 0 aromatic heterocycles. The minimum Gasteiger partial charge on any atom is -0.480 e. The molecule has 0 heterocycles. The third kappa shape index (κ3) is 3.27. The molecule has 0 aliphatic carbocycles. The molecule has 0 saturated heterocycles. The zero-order valence-corrected chi connectivity index (χ0v) is 13.2. The van der Waals surface area contributed by atoms with Gasteiger partial charge in [0.2, 0.25) is 0 Å². The molecule has 1 aromatic carbocycles. The molecule has 0 saturated carbocycles. The molecule has 4 nitrogen and oxygen atoms in total. The van der Waals surface area contributed by atoms with Crippen molar-refractivity contribution in [3.05, 3.63) is 31.3 Å². The summed E-state index contributed by atoms with van der Waals surface area (Å²) in [6.07, 6.45) is 0. The van der Waals surface area contributed by atoms with Crippen LogP contribution in [0.2, 0.25) is 10.0 Å². The van der Waals surface area contributed by atoms with Crippen LogP contribution in [0.3, 0.4) is 0 Å². The Morgan fingerprint density at radius 3 is 2.44 bits per heavy atom. The third-order valence-corrected chi connectivity index (χ3v) is 4.48. The molecule has 0 bridgehead atoms. The molecule has 18 heavy (non-hydrogen) atoms. The van der Waals surface area contributed by atoms with Gasteiger partial charge in [-0.05, 0) is 41.6 Å².